The molecule has 0 saturated carbocycles. The number of rotatable bonds is 5. The summed E-state index contributed by atoms with van der Waals surface area (Å²) in [6.07, 6.45) is 0. The van der Waals surface area contributed by atoms with Crippen molar-refractivity contribution in [3.8, 4) is 51.2 Å². The average Bonchev–Trinajstić information content (AvgIpc) is 3.94. The number of hydrogen-bond acceptors (Lipinski definition) is 3. The van der Waals surface area contributed by atoms with E-state index < -0.39 is 0 Å². The molecule has 0 aliphatic heterocycles. The lowest BCUT2D eigenvalue weighted by Gasteiger charge is -2.17. The minimum Gasteiger partial charge on any atom is -0.436 e. The summed E-state index contributed by atoms with van der Waals surface area (Å²) in [5.41, 5.74) is 13.1. The molecule has 0 spiro atoms. The van der Waals surface area contributed by atoms with Crippen LogP contribution < -0.4 is 0 Å². The lowest BCUT2D eigenvalue weighted by atomic mass is 10.0. The quantitative estimate of drug-likeness (QED) is 0.179. The van der Waals surface area contributed by atoms with Crippen LogP contribution in [0.5, 0.6) is 0 Å². The molecule has 0 atom stereocenters. The van der Waals surface area contributed by atoms with Crippen molar-refractivity contribution in [1.82, 2.24) is 14.1 Å². The van der Waals surface area contributed by atoms with Crippen LogP contribution in [-0.2, 0) is 0 Å². The number of benzene rings is 8. The standard InChI is InChI=1S/C50H30N4O/c51-31-36-29-41(50-52-42-19-9-12-22-49(42)55-50)48(54-44-21-11-8-18-38(44)40-28-35(24-26-46(40)54)33-15-5-2-6-16-33)30-47(36)53-43-20-10-7-17-37(43)39-27-34(23-25-45(39)53)32-13-3-1-4-14-32/h1-30H. The highest BCUT2D eigenvalue weighted by Gasteiger charge is 2.24. The van der Waals surface area contributed by atoms with E-state index in [9.17, 15) is 5.26 Å². The number of hydrogen-bond donors (Lipinski definition) is 0. The molecule has 0 fully saturated rings. The fourth-order valence-corrected chi connectivity index (χ4v) is 8.28. The van der Waals surface area contributed by atoms with Gasteiger partial charge in [-0.15, -0.1) is 0 Å². The van der Waals surface area contributed by atoms with Gasteiger partial charge in [0, 0.05) is 21.5 Å². The van der Waals surface area contributed by atoms with Crippen molar-refractivity contribution in [2.45, 2.75) is 0 Å². The highest BCUT2D eigenvalue weighted by atomic mass is 16.3. The van der Waals surface area contributed by atoms with E-state index in [0.29, 0.717) is 17.0 Å². The second kappa shape index (κ2) is 12.2. The molecule has 3 heterocycles. The van der Waals surface area contributed by atoms with Gasteiger partial charge in [-0.2, -0.15) is 5.26 Å². The molecule has 5 nitrogen and oxygen atoms in total. The largest absolute Gasteiger partial charge is 0.436 e. The van der Waals surface area contributed by atoms with Crippen LogP contribution in [0.4, 0.5) is 0 Å². The maximum absolute atomic E-state index is 10.9. The van der Waals surface area contributed by atoms with Gasteiger partial charge in [-0.3, -0.25) is 0 Å². The molecule has 0 amide bonds. The summed E-state index contributed by atoms with van der Waals surface area (Å²) < 4.78 is 11.0. The van der Waals surface area contributed by atoms with Gasteiger partial charge in [0.15, 0.2) is 5.58 Å². The van der Waals surface area contributed by atoms with E-state index in [1.165, 1.54) is 0 Å². The fourth-order valence-electron chi connectivity index (χ4n) is 8.28. The van der Waals surface area contributed by atoms with Crippen molar-refractivity contribution in [3.63, 3.8) is 0 Å². The smallest absolute Gasteiger partial charge is 0.229 e. The summed E-state index contributed by atoms with van der Waals surface area (Å²) in [6, 6.07) is 65.7. The fraction of sp³-hybridized carbons (Fsp3) is 0. The monoisotopic (exact) mass is 702 g/mol. The number of nitrogens with zero attached hydrogens (tertiary/aromatic N) is 4. The maximum atomic E-state index is 10.9. The predicted molar refractivity (Wildman–Crippen MR) is 224 cm³/mol. The molecule has 0 radical (unpaired) electrons. The normalized spacial score (nSPS) is 11.6. The van der Waals surface area contributed by atoms with Gasteiger partial charge in [-0.25, -0.2) is 4.98 Å². The first-order valence-electron chi connectivity index (χ1n) is 18.4. The van der Waals surface area contributed by atoms with Gasteiger partial charge in [-0.1, -0.05) is 121 Å². The Labute approximate surface area is 316 Å². The third-order valence-electron chi connectivity index (χ3n) is 10.8. The molecular formula is C50H30N4O. The van der Waals surface area contributed by atoms with Gasteiger partial charge < -0.3 is 13.6 Å². The number of para-hydroxylation sites is 4. The van der Waals surface area contributed by atoms with E-state index in [2.05, 4.69) is 155 Å². The summed E-state index contributed by atoms with van der Waals surface area (Å²) >= 11 is 0. The molecule has 5 heteroatoms. The first-order chi connectivity index (χ1) is 27.2. The zero-order valence-electron chi connectivity index (χ0n) is 29.5. The van der Waals surface area contributed by atoms with E-state index in [1.807, 2.05) is 42.5 Å². The van der Waals surface area contributed by atoms with Crippen LogP contribution in [0, 0.1) is 11.3 Å². The van der Waals surface area contributed by atoms with Crippen LogP contribution in [0.25, 0.3) is 99.8 Å². The summed E-state index contributed by atoms with van der Waals surface area (Å²) in [5.74, 6) is 0.459. The van der Waals surface area contributed by atoms with Crippen LogP contribution in [0.2, 0.25) is 0 Å². The van der Waals surface area contributed by atoms with E-state index in [-0.39, 0.29) is 0 Å². The summed E-state index contributed by atoms with van der Waals surface area (Å²) in [7, 11) is 0. The van der Waals surface area contributed by atoms with Crippen LogP contribution in [-0.4, -0.2) is 14.1 Å². The van der Waals surface area contributed by atoms with Crippen LogP contribution >= 0.6 is 0 Å². The van der Waals surface area contributed by atoms with Crippen molar-refractivity contribution in [3.05, 3.63) is 188 Å². The molecule has 0 saturated heterocycles. The third-order valence-corrected chi connectivity index (χ3v) is 10.8. The molecule has 0 bridgehead atoms. The molecule has 11 aromatic rings. The summed E-state index contributed by atoms with van der Waals surface area (Å²) in [4.78, 5) is 4.98. The molecule has 0 unspecified atom stereocenters. The second-order valence-corrected chi connectivity index (χ2v) is 13.9. The minimum atomic E-state index is 0.459. The summed E-state index contributed by atoms with van der Waals surface area (Å²) in [6.45, 7) is 0. The van der Waals surface area contributed by atoms with E-state index >= 15 is 0 Å². The SMILES string of the molecule is N#Cc1cc(-c2nc3ccccc3o2)c(-n2c3ccccc3c3cc(-c4ccccc4)ccc32)cc1-n1c2ccccc2c2cc(-c3ccccc3)ccc21. The lowest BCUT2D eigenvalue weighted by molar-refractivity contribution is 0.619. The van der Waals surface area contributed by atoms with Gasteiger partial charge in [0.2, 0.25) is 5.89 Å². The van der Waals surface area contributed by atoms with Gasteiger partial charge in [0.05, 0.1) is 44.6 Å². The number of fused-ring (bicyclic) bond motifs is 7. The van der Waals surface area contributed by atoms with Crippen molar-refractivity contribution >= 4 is 54.7 Å². The molecule has 256 valence electrons. The van der Waals surface area contributed by atoms with Crippen LogP contribution in [0.3, 0.4) is 0 Å². The zero-order chi connectivity index (χ0) is 36.5. The Bertz CT molecular complexity index is 3290. The van der Waals surface area contributed by atoms with Crippen LogP contribution in [0.1, 0.15) is 5.56 Å². The number of aromatic nitrogens is 3. The maximum Gasteiger partial charge on any atom is 0.229 e. The van der Waals surface area contributed by atoms with E-state index in [0.717, 1.165) is 88.3 Å². The number of nitriles is 1. The van der Waals surface area contributed by atoms with Crippen LogP contribution in [0.15, 0.2) is 186 Å². The van der Waals surface area contributed by atoms with Gasteiger partial charge in [-0.05, 0) is 82.9 Å². The lowest BCUT2D eigenvalue weighted by Crippen LogP contribution is -2.04. The molecule has 0 N–H and O–H groups in total. The van der Waals surface area contributed by atoms with Gasteiger partial charge in [0.25, 0.3) is 0 Å². The first kappa shape index (κ1) is 30.9. The molecule has 3 aromatic heterocycles. The average molecular weight is 703 g/mol. The third kappa shape index (κ3) is 4.83. The molecule has 0 aliphatic rings. The Morgan fingerprint density at radius 2 is 0.945 bits per heavy atom. The van der Waals surface area contributed by atoms with Crippen molar-refractivity contribution in [1.29, 1.82) is 5.26 Å². The minimum absolute atomic E-state index is 0.459. The topological polar surface area (TPSA) is 59.7 Å². The Kier molecular flexibility index (Phi) is 6.85. The predicted octanol–water partition coefficient (Wildman–Crippen LogP) is 12.9. The van der Waals surface area contributed by atoms with Gasteiger partial charge in [0.1, 0.15) is 11.6 Å². The van der Waals surface area contributed by atoms with Gasteiger partial charge >= 0.3 is 0 Å². The highest BCUT2D eigenvalue weighted by Crippen LogP contribution is 2.42. The first-order valence-corrected chi connectivity index (χ1v) is 18.4. The molecule has 8 aromatic carbocycles. The van der Waals surface area contributed by atoms with Crippen molar-refractivity contribution in [2.75, 3.05) is 0 Å². The highest BCUT2D eigenvalue weighted by molar-refractivity contribution is 6.12. The Morgan fingerprint density at radius 1 is 0.436 bits per heavy atom. The number of oxazole rings is 1. The molecule has 11 rings (SSSR count). The zero-order valence-corrected chi connectivity index (χ0v) is 29.5. The Hall–Kier alpha value is -7.68. The summed E-state index contributed by atoms with van der Waals surface area (Å²) in [5, 5.41) is 15.5. The Balaban J connectivity index is 1.24. The molecule has 0 aliphatic carbocycles. The van der Waals surface area contributed by atoms with E-state index in [4.69, 9.17) is 9.40 Å². The Morgan fingerprint density at radius 3 is 1.53 bits per heavy atom. The molecule has 55 heavy (non-hydrogen) atoms. The molecular weight excluding hydrogens is 673 g/mol. The van der Waals surface area contributed by atoms with E-state index in [1.54, 1.807) is 0 Å². The van der Waals surface area contributed by atoms with Crippen molar-refractivity contribution in [2.24, 2.45) is 0 Å². The second-order valence-electron chi connectivity index (χ2n) is 13.9. The van der Waals surface area contributed by atoms with Crippen molar-refractivity contribution < 1.29 is 4.42 Å².